The predicted molar refractivity (Wildman–Crippen MR) is 98.5 cm³/mol. The topological polar surface area (TPSA) is 58.6 Å². The van der Waals surface area contributed by atoms with Gasteiger partial charge in [-0.3, -0.25) is 9.59 Å². The zero-order chi connectivity index (χ0) is 17.7. The molecule has 0 saturated heterocycles. The highest BCUT2D eigenvalue weighted by molar-refractivity contribution is 9.10. The molecular formula is C18H19BrN2O3. The molecule has 0 saturated carbocycles. The quantitative estimate of drug-likeness (QED) is 0.845. The lowest BCUT2D eigenvalue weighted by Crippen LogP contribution is -2.36. The van der Waals surface area contributed by atoms with E-state index in [-0.39, 0.29) is 18.4 Å². The molecule has 0 unspecified atom stereocenters. The van der Waals surface area contributed by atoms with Gasteiger partial charge >= 0.3 is 0 Å². The minimum Gasteiger partial charge on any atom is -0.497 e. The monoisotopic (exact) mass is 390 g/mol. The van der Waals surface area contributed by atoms with Crippen molar-refractivity contribution in [1.29, 1.82) is 0 Å². The zero-order valence-corrected chi connectivity index (χ0v) is 15.4. The first-order chi connectivity index (χ1) is 11.4. The number of rotatable bonds is 5. The fourth-order valence-electron chi connectivity index (χ4n) is 2.21. The maximum atomic E-state index is 12.3. The molecule has 0 radical (unpaired) electrons. The molecule has 2 amide bonds. The number of hydrogen-bond donors (Lipinski definition) is 1. The number of carbonyl (C=O) groups excluding carboxylic acids is 2. The van der Waals surface area contributed by atoms with Crippen LogP contribution in [0.5, 0.6) is 5.75 Å². The number of aryl methyl sites for hydroxylation is 1. The van der Waals surface area contributed by atoms with Crippen LogP contribution >= 0.6 is 15.9 Å². The number of halogens is 1. The molecule has 0 bridgehead atoms. The first-order valence-corrected chi connectivity index (χ1v) is 8.18. The van der Waals surface area contributed by atoms with Gasteiger partial charge in [-0.2, -0.15) is 0 Å². The lowest BCUT2D eigenvalue weighted by molar-refractivity contribution is -0.120. The normalized spacial score (nSPS) is 10.2. The molecule has 0 aliphatic rings. The minimum absolute atomic E-state index is 0.0588. The van der Waals surface area contributed by atoms with Gasteiger partial charge in [-0.05, 0) is 55.0 Å². The average molecular weight is 391 g/mol. The molecule has 2 aromatic carbocycles. The van der Waals surface area contributed by atoms with Crippen LogP contribution in [0.2, 0.25) is 0 Å². The summed E-state index contributed by atoms with van der Waals surface area (Å²) in [4.78, 5) is 25.6. The van der Waals surface area contributed by atoms with Crippen molar-refractivity contribution in [3.8, 4) is 5.75 Å². The van der Waals surface area contributed by atoms with E-state index in [4.69, 9.17) is 4.74 Å². The summed E-state index contributed by atoms with van der Waals surface area (Å²) < 4.78 is 6.08. The standard InChI is InChI=1S/C18H19BrN2O3/c1-12-10-14(4-9-17(12)19)20-18(23)11-21(13(2)22)15-5-7-16(24-3)8-6-15/h4-10H,11H2,1-3H3,(H,20,23). The Bertz CT molecular complexity index is 744. The van der Waals surface area contributed by atoms with E-state index in [0.29, 0.717) is 17.1 Å². The van der Waals surface area contributed by atoms with Crippen LogP contribution in [0, 0.1) is 6.92 Å². The summed E-state index contributed by atoms with van der Waals surface area (Å²) in [5, 5.41) is 2.81. The Kier molecular flexibility index (Phi) is 5.98. The number of ether oxygens (including phenoxy) is 1. The molecule has 0 fully saturated rings. The van der Waals surface area contributed by atoms with Gasteiger partial charge in [0, 0.05) is 22.8 Å². The summed E-state index contributed by atoms with van der Waals surface area (Å²) in [5.41, 5.74) is 2.36. The van der Waals surface area contributed by atoms with Gasteiger partial charge in [0.2, 0.25) is 11.8 Å². The third-order valence-corrected chi connectivity index (χ3v) is 4.40. The van der Waals surface area contributed by atoms with Gasteiger partial charge < -0.3 is 15.0 Å². The smallest absolute Gasteiger partial charge is 0.244 e. The Morgan fingerprint density at radius 1 is 1.17 bits per heavy atom. The summed E-state index contributed by atoms with van der Waals surface area (Å²) in [6, 6.07) is 12.5. The second-order valence-electron chi connectivity index (χ2n) is 5.32. The molecule has 1 N–H and O–H groups in total. The van der Waals surface area contributed by atoms with Gasteiger partial charge in [0.05, 0.1) is 7.11 Å². The fourth-order valence-corrected chi connectivity index (χ4v) is 2.46. The van der Waals surface area contributed by atoms with E-state index in [2.05, 4.69) is 21.2 Å². The highest BCUT2D eigenvalue weighted by Crippen LogP contribution is 2.21. The second-order valence-corrected chi connectivity index (χ2v) is 6.17. The van der Waals surface area contributed by atoms with Crippen LogP contribution in [0.1, 0.15) is 12.5 Å². The molecular weight excluding hydrogens is 372 g/mol. The van der Waals surface area contributed by atoms with Crippen LogP contribution in [0.4, 0.5) is 11.4 Å². The summed E-state index contributed by atoms with van der Waals surface area (Å²) in [5.74, 6) is 0.224. The van der Waals surface area contributed by atoms with Gasteiger partial charge in [-0.25, -0.2) is 0 Å². The van der Waals surface area contributed by atoms with Crippen molar-refractivity contribution in [2.75, 3.05) is 23.9 Å². The van der Waals surface area contributed by atoms with Crippen LogP contribution < -0.4 is 15.0 Å². The maximum absolute atomic E-state index is 12.3. The number of hydrogen-bond acceptors (Lipinski definition) is 3. The van der Waals surface area contributed by atoms with E-state index in [0.717, 1.165) is 10.0 Å². The molecule has 2 rings (SSSR count). The molecule has 2 aromatic rings. The van der Waals surface area contributed by atoms with Crippen LogP contribution in [-0.2, 0) is 9.59 Å². The van der Waals surface area contributed by atoms with Crippen molar-refractivity contribution in [2.45, 2.75) is 13.8 Å². The SMILES string of the molecule is COc1ccc(N(CC(=O)Nc2ccc(Br)c(C)c2)C(C)=O)cc1. The number of methoxy groups -OCH3 is 1. The molecule has 0 heterocycles. The van der Waals surface area contributed by atoms with E-state index in [9.17, 15) is 9.59 Å². The fraction of sp³-hybridized carbons (Fsp3) is 0.222. The number of nitrogens with zero attached hydrogens (tertiary/aromatic N) is 1. The summed E-state index contributed by atoms with van der Waals surface area (Å²) in [7, 11) is 1.57. The number of anilines is 2. The largest absolute Gasteiger partial charge is 0.497 e. The van der Waals surface area contributed by atoms with E-state index < -0.39 is 0 Å². The third kappa shape index (κ3) is 4.58. The summed E-state index contributed by atoms with van der Waals surface area (Å²) in [6.45, 7) is 3.32. The number of benzene rings is 2. The van der Waals surface area contributed by atoms with Crippen LogP contribution in [-0.4, -0.2) is 25.5 Å². The van der Waals surface area contributed by atoms with Crippen molar-refractivity contribution in [3.63, 3.8) is 0 Å². The lowest BCUT2D eigenvalue weighted by Gasteiger charge is -2.21. The Labute approximate surface area is 149 Å². The molecule has 0 spiro atoms. The summed E-state index contributed by atoms with van der Waals surface area (Å²) >= 11 is 3.42. The number of carbonyl (C=O) groups is 2. The minimum atomic E-state index is -0.261. The van der Waals surface area contributed by atoms with Crippen molar-refractivity contribution < 1.29 is 14.3 Å². The molecule has 0 aliphatic heterocycles. The molecule has 0 aromatic heterocycles. The van der Waals surface area contributed by atoms with Crippen molar-refractivity contribution in [3.05, 3.63) is 52.5 Å². The second kappa shape index (κ2) is 7.97. The van der Waals surface area contributed by atoms with Crippen molar-refractivity contribution in [1.82, 2.24) is 0 Å². The van der Waals surface area contributed by atoms with E-state index in [1.807, 2.05) is 19.1 Å². The molecule has 126 valence electrons. The van der Waals surface area contributed by atoms with Crippen molar-refractivity contribution >= 4 is 39.1 Å². The third-order valence-electron chi connectivity index (χ3n) is 3.51. The Morgan fingerprint density at radius 3 is 2.38 bits per heavy atom. The predicted octanol–water partition coefficient (Wildman–Crippen LogP) is 3.76. The van der Waals surface area contributed by atoms with E-state index in [1.165, 1.54) is 11.8 Å². The zero-order valence-electron chi connectivity index (χ0n) is 13.8. The molecule has 6 heteroatoms. The van der Waals surface area contributed by atoms with Crippen LogP contribution in [0.25, 0.3) is 0 Å². The number of amides is 2. The van der Waals surface area contributed by atoms with E-state index >= 15 is 0 Å². The first-order valence-electron chi connectivity index (χ1n) is 7.39. The van der Waals surface area contributed by atoms with Gasteiger partial charge in [-0.1, -0.05) is 15.9 Å². The van der Waals surface area contributed by atoms with Crippen LogP contribution in [0.15, 0.2) is 46.9 Å². The van der Waals surface area contributed by atoms with Gasteiger partial charge in [0.25, 0.3) is 0 Å². The van der Waals surface area contributed by atoms with Gasteiger partial charge in [-0.15, -0.1) is 0 Å². The van der Waals surface area contributed by atoms with Gasteiger partial charge in [0.1, 0.15) is 12.3 Å². The molecule has 0 atom stereocenters. The number of nitrogens with one attached hydrogen (secondary N) is 1. The molecule has 24 heavy (non-hydrogen) atoms. The highest BCUT2D eigenvalue weighted by Gasteiger charge is 2.16. The Hall–Kier alpha value is -2.34. The lowest BCUT2D eigenvalue weighted by atomic mass is 10.2. The maximum Gasteiger partial charge on any atom is 0.244 e. The van der Waals surface area contributed by atoms with Crippen molar-refractivity contribution in [2.24, 2.45) is 0 Å². The molecule has 0 aliphatic carbocycles. The van der Waals surface area contributed by atoms with E-state index in [1.54, 1.807) is 37.4 Å². The van der Waals surface area contributed by atoms with Crippen LogP contribution in [0.3, 0.4) is 0 Å². The average Bonchev–Trinajstić information content (AvgIpc) is 2.56. The first kappa shape index (κ1) is 18.0. The van der Waals surface area contributed by atoms with Gasteiger partial charge in [0.15, 0.2) is 0 Å². The summed E-state index contributed by atoms with van der Waals surface area (Å²) in [6.07, 6.45) is 0. The Balaban J connectivity index is 2.10. The molecule has 5 nitrogen and oxygen atoms in total. The Morgan fingerprint density at radius 2 is 1.83 bits per heavy atom. The highest BCUT2D eigenvalue weighted by atomic mass is 79.9.